The van der Waals surface area contributed by atoms with Crippen LogP contribution in [0.25, 0.3) is 0 Å². The maximum absolute atomic E-state index is 5.56. The average molecular weight is 208 g/mol. The van der Waals surface area contributed by atoms with Crippen molar-refractivity contribution in [2.45, 2.75) is 13.5 Å². The smallest absolute Gasteiger partial charge is 0.0637 e. The molecular weight excluding hydrogens is 188 g/mol. The highest BCUT2D eigenvalue weighted by Crippen LogP contribution is 2.14. The molecule has 3 nitrogen and oxygen atoms in total. The van der Waals surface area contributed by atoms with E-state index >= 15 is 0 Å². The molecular formula is C12H20N2O. The molecule has 0 aromatic heterocycles. The zero-order valence-electron chi connectivity index (χ0n) is 9.57. The lowest BCUT2D eigenvalue weighted by atomic mass is 10.2. The normalized spacial score (nSPS) is 10.3. The van der Waals surface area contributed by atoms with Gasteiger partial charge in [0.15, 0.2) is 0 Å². The molecule has 84 valence electrons. The molecule has 0 aliphatic rings. The molecule has 3 heteroatoms. The van der Waals surface area contributed by atoms with E-state index in [4.69, 9.17) is 10.5 Å². The summed E-state index contributed by atoms with van der Waals surface area (Å²) in [5.41, 5.74) is 7.95. The van der Waals surface area contributed by atoms with E-state index in [-0.39, 0.29) is 0 Å². The number of nitrogens with two attached hydrogens (primary N) is 1. The number of hydrogen-bond donors (Lipinski definition) is 1. The molecule has 1 aromatic rings. The van der Waals surface area contributed by atoms with Crippen molar-refractivity contribution in [2.75, 3.05) is 31.7 Å². The molecule has 0 radical (unpaired) electrons. The minimum atomic E-state index is 0.602. The van der Waals surface area contributed by atoms with Crippen LogP contribution in [0.15, 0.2) is 24.3 Å². The van der Waals surface area contributed by atoms with Crippen molar-refractivity contribution in [1.82, 2.24) is 0 Å². The largest absolute Gasteiger partial charge is 0.383 e. The van der Waals surface area contributed by atoms with Crippen molar-refractivity contribution in [2.24, 2.45) is 5.73 Å². The fourth-order valence-corrected chi connectivity index (χ4v) is 1.51. The lowest BCUT2D eigenvalue weighted by Crippen LogP contribution is -2.26. The Labute approximate surface area is 91.8 Å². The minimum absolute atomic E-state index is 0.602. The molecule has 0 unspecified atom stereocenters. The second-order valence-electron chi connectivity index (χ2n) is 3.44. The summed E-state index contributed by atoms with van der Waals surface area (Å²) in [6.45, 7) is 5.42. The van der Waals surface area contributed by atoms with Crippen molar-refractivity contribution in [3.8, 4) is 0 Å². The lowest BCUT2D eigenvalue weighted by molar-refractivity contribution is 0.205. The number of nitrogens with zero attached hydrogens (tertiary/aromatic N) is 1. The predicted octanol–water partition coefficient (Wildman–Crippen LogP) is 1.62. The van der Waals surface area contributed by atoms with Crippen molar-refractivity contribution in [1.29, 1.82) is 0 Å². The highest BCUT2D eigenvalue weighted by molar-refractivity contribution is 5.47. The monoisotopic (exact) mass is 208 g/mol. The summed E-state index contributed by atoms with van der Waals surface area (Å²) >= 11 is 0. The topological polar surface area (TPSA) is 38.5 Å². The first-order valence-corrected chi connectivity index (χ1v) is 5.34. The van der Waals surface area contributed by atoms with Crippen LogP contribution in [0.5, 0.6) is 0 Å². The molecule has 0 aliphatic carbocycles. The van der Waals surface area contributed by atoms with Gasteiger partial charge in [-0.15, -0.1) is 0 Å². The standard InChI is InChI=1S/C12H20N2O/c1-3-14(8-9-15-2)12-6-4-11(10-13)5-7-12/h4-7H,3,8-10,13H2,1-2H3. The minimum Gasteiger partial charge on any atom is -0.383 e. The van der Waals surface area contributed by atoms with Gasteiger partial charge in [-0.25, -0.2) is 0 Å². The molecule has 15 heavy (non-hydrogen) atoms. The van der Waals surface area contributed by atoms with Crippen LogP contribution in [-0.4, -0.2) is 26.8 Å². The van der Waals surface area contributed by atoms with E-state index in [1.54, 1.807) is 7.11 Å². The summed E-state index contributed by atoms with van der Waals surface area (Å²) in [6.07, 6.45) is 0. The summed E-state index contributed by atoms with van der Waals surface area (Å²) < 4.78 is 5.08. The van der Waals surface area contributed by atoms with Gasteiger partial charge in [0.05, 0.1) is 6.61 Å². The maximum Gasteiger partial charge on any atom is 0.0637 e. The zero-order chi connectivity index (χ0) is 11.1. The van der Waals surface area contributed by atoms with Crippen molar-refractivity contribution in [3.63, 3.8) is 0 Å². The van der Waals surface area contributed by atoms with Gasteiger partial charge in [-0.1, -0.05) is 12.1 Å². The molecule has 1 rings (SSSR count). The van der Waals surface area contributed by atoms with Crippen LogP contribution in [0.1, 0.15) is 12.5 Å². The number of rotatable bonds is 6. The SMILES string of the molecule is CCN(CCOC)c1ccc(CN)cc1. The van der Waals surface area contributed by atoms with E-state index in [1.807, 2.05) is 0 Å². The van der Waals surface area contributed by atoms with Crippen LogP contribution in [0.3, 0.4) is 0 Å². The summed E-state index contributed by atoms with van der Waals surface area (Å²) in [5, 5.41) is 0. The van der Waals surface area contributed by atoms with Gasteiger partial charge < -0.3 is 15.4 Å². The van der Waals surface area contributed by atoms with Gasteiger partial charge in [0.25, 0.3) is 0 Å². The first-order chi connectivity index (χ1) is 7.31. The van der Waals surface area contributed by atoms with Gasteiger partial charge in [0.2, 0.25) is 0 Å². The Kier molecular flexibility index (Phi) is 5.15. The van der Waals surface area contributed by atoms with Gasteiger partial charge in [-0.05, 0) is 24.6 Å². The number of anilines is 1. The number of benzene rings is 1. The molecule has 0 saturated carbocycles. The average Bonchev–Trinajstić information content (AvgIpc) is 2.31. The molecule has 1 aromatic carbocycles. The second kappa shape index (κ2) is 6.43. The predicted molar refractivity (Wildman–Crippen MR) is 64.1 cm³/mol. The number of likely N-dealkylation sites (N-methyl/N-ethyl adjacent to an activating group) is 1. The number of hydrogen-bond acceptors (Lipinski definition) is 3. The van der Waals surface area contributed by atoms with E-state index in [0.717, 1.165) is 19.7 Å². The molecule has 0 atom stereocenters. The van der Waals surface area contributed by atoms with Gasteiger partial charge in [-0.3, -0.25) is 0 Å². The van der Waals surface area contributed by atoms with Crippen molar-refractivity contribution < 1.29 is 4.74 Å². The Morgan fingerprint density at radius 3 is 2.40 bits per heavy atom. The van der Waals surface area contributed by atoms with E-state index in [0.29, 0.717) is 6.54 Å². The number of methoxy groups -OCH3 is 1. The molecule has 0 amide bonds. The van der Waals surface area contributed by atoms with Crippen LogP contribution < -0.4 is 10.6 Å². The van der Waals surface area contributed by atoms with Gasteiger partial charge >= 0.3 is 0 Å². The fourth-order valence-electron chi connectivity index (χ4n) is 1.51. The van der Waals surface area contributed by atoms with Gasteiger partial charge in [-0.2, -0.15) is 0 Å². The molecule has 2 N–H and O–H groups in total. The van der Waals surface area contributed by atoms with Gasteiger partial charge in [0.1, 0.15) is 0 Å². The Morgan fingerprint density at radius 2 is 1.93 bits per heavy atom. The Morgan fingerprint density at radius 1 is 1.27 bits per heavy atom. The summed E-state index contributed by atoms with van der Waals surface area (Å²) in [4.78, 5) is 2.28. The van der Waals surface area contributed by atoms with E-state index in [1.165, 1.54) is 11.3 Å². The van der Waals surface area contributed by atoms with Crippen LogP contribution >= 0.6 is 0 Å². The van der Waals surface area contributed by atoms with Crippen LogP contribution in [0.4, 0.5) is 5.69 Å². The molecule has 0 bridgehead atoms. The van der Waals surface area contributed by atoms with E-state index < -0.39 is 0 Å². The highest BCUT2D eigenvalue weighted by atomic mass is 16.5. The lowest BCUT2D eigenvalue weighted by Gasteiger charge is -2.22. The molecule has 0 spiro atoms. The highest BCUT2D eigenvalue weighted by Gasteiger charge is 2.02. The second-order valence-corrected chi connectivity index (χ2v) is 3.44. The van der Waals surface area contributed by atoms with E-state index in [9.17, 15) is 0 Å². The molecule has 0 heterocycles. The Bertz CT molecular complexity index is 271. The van der Waals surface area contributed by atoms with Crippen LogP contribution in [0.2, 0.25) is 0 Å². The van der Waals surface area contributed by atoms with Crippen LogP contribution in [-0.2, 0) is 11.3 Å². The first kappa shape index (κ1) is 12.0. The maximum atomic E-state index is 5.56. The third-order valence-corrected chi connectivity index (χ3v) is 2.48. The first-order valence-electron chi connectivity index (χ1n) is 5.34. The van der Waals surface area contributed by atoms with Crippen molar-refractivity contribution >= 4 is 5.69 Å². The Hall–Kier alpha value is -1.06. The molecule has 0 saturated heterocycles. The molecule has 0 aliphatic heterocycles. The van der Waals surface area contributed by atoms with Crippen LogP contribution in [0, 0.1) is 0 Å². The zero-order valence-corrected chi connectivity index (χ0v) is 9.57. The third-order valence-electron chi connectivity index (χ3n) is 2.48. The third kappa shape index (κ3) is 3.53. The summed E-state index contributed by atoms with van der Waals surface area (Å²) in [7, 11) is 1.73. The summed E-state index contributed by atoms with van der Waals surface area (Å²) in [5.74, 6) is 0. The molecule has 0 fully saturated rings. The van der Waals surface area contributed by atoms with Crippen molar-refractivity contribution in [3.05, 3.63) is 29.8 Å². The summed E-state index contributed by atoms with van der Waals surface area (Å²) in [6, 6.07) is 8.37. The fraction of sp³-hybridized carbons (Fsp3) is 0.500. The van der Waals surface area contributed by atoms with E-state index in [2.05, 4.69) is 36.1 Å². The van der Waals surface area contributed by atoms with Gasteiger partial charge in [0, 0.05) is 32.4 Å². The number of ether oxygens (including phenoxy) is 1. The Balaban J connectivity index is 2.65. The quantitative estimate of drug-likeness (QED) is 0.772.